The van der Waals surface area contributed by atoms with Crippen LogP contribution < -0.4 is 4.74 Å². The van der Waals surface area contributed by atoms with E-state index in [9.17, 15) is 0 Å². The highest BCUT2D eigenvalue weighted by Gasteiger charge is 2.10. The monoisotopic (exact) mass is 258 g/mol. The summed E-state index contributed by atoms with van der Waals surface area (Å²) >= 11 is 0. The number of pyridine rings is 1. The molecule has 1 aromatic carbocycles. The average Bonchev–Trinajstić information content (AvgIpc) is 2.49. The van der Waals surface area contributed by atoms with Crippen molar-refractivity contribution in [2.45, 2.75) is 0 Å². The Kier molecular flexibility index (Phi) is 3.91. The third-order valence-corrected chi connectivity index (χ3v) is 3.39. The summed E-state index contributed by atoms with van der Waals surface area (Å²) in [6.07, 6.45) is 1.80. The molecule has 0 amide bonds. The van der Waals surface area contributed by atoms with Crippen molar-refractivity contribution in [2.75, 3.05) is 39.5 Å². The van der Waals surface area contributed by atoms with E-state index in [2.05, 4.69) is 16.0 Å². The first-order valence-corrected chi connectivity index (χ1v) is 6.70. The minimum absolute atomic E-state index is 0.668. The highest BCUT2D eigenvalue weighted by molar-refractivity contribution is 5.86. The molecule has 0 unspecified atom stereocenters. The normalized spacial score (nSPS) is 16.6. The molecule has 0 bridgehead atoms. The van der Waals surface area contributed by atoms with Crippen molar-refractivity contribution in [1.29, 1.82) is 0 Å². The number of rotatable bonds is 4. The minimum atomic E-state index is 0.668. The van der Waals surface area contributed by atoms with E-state index in [4.69, 9.17) is 9.47 Å². The molecular formula is C15H18N2O2. The van der Waals surface area contributed by atoms with Gasteiger partial charge >= 0.3 is 0 Å². The van der Waals surface area contributed by atoms with Crippen molar-refractivity contribution in [2.24, 2.45) is 0 Å². The van der Waals surface area contributed by atoms with Gasteiger partial charge in [-0.25, -0.2) is 4.98 Å². The fourth-order valence-electron chi connectivity index (χ4n) is 2.30. The molecule has 1 aliphatic heterocycles. The van der Waals surface area contributed by atoms with E-state index in [0.29, 0.717) is 6.61 Å². The standard InChI is InChI=1S/C15H18N2O2/c1-2-4-14-13(3-1)5-6-16-15(14)19-12-9-17-7-10-18-11-8-17/h1-6H,7-12H2. The van der Waals surface area contributed by atoms with Crippen LogP contribution in [0.5, 0.6) is 5.88 Å². The Balaban J connectivity index is 1.62. The molecular weight excluding hydrogens is 240 g/mol. The van der Waals surface area contributed by atoms with Gasteiger partial charge in [-0.15, -0.1) is 0 Å². The summed E-state index contributed by atoms with van der Waals surface area (Å²) < 4.78 is 11.2. The Morgan fingerprint density at radius 1 is 1.16 bits per heavy atom. The largest absolute Gasteiger partial charge is 0.476 e. The molecule has 0 saturated carbocycles. The fraction of sp³-hybridized carbons (Fsp3) is 0.400. The molecule has 2 aromatic rings. The first-order valence-electron chi connectivity index (χ1n) is 6.70. The van der Waals surface area contributed by atoms with Gasteiger partial charge in [0.2, 0.25) is 5.88 Å². The van der Waals surface area contributed by atoms with Crippen molar-refractivity contribution in [3.63, 3.8) is 0 Å². The number of nitrogens with zero attached hydrogens (tertiary/aromatic N) is 2. The van der Waals surface area contributed by atoms with Gasteiger partial charge in [-0.05, 0) is 17.5 Å². The predicted octanol–water partition coefficient (Wildman–Crippen LogP) is 1.95. The molecule has 1 fully saturated rings. The van der Waals surface area contributed by atoms with E-state index in [0.717, 1.165) is 44.1 Å². The Morgan fingerprint density at radius 3 is 2.89 bits per heavy atom. The van der Waals surface area contributed by atoms with Crippen molar-refractivity contribution in [3.05, 3.63) is 36.5 Å². The zero-order valence-electron chi connectivity index (χ0n) is 10.9. The maximum atomic E-state index is 5.83. The summed E-state index contributed by atoms with van der Waals surface area (Å²) in [6, 6.07) is 10.2. The highest BCUT2D eigenvalue weighted by atomic mass is 16.5. The quantitative estimate of drug-likeness (QED) is 0.839. The van der Waals surface area contributed by atoms with Crippen LogP contribution in [-0.2, 0) is 4.74 Å². The van der Waals surface area contributed by atoms with Crippen LogP contribution in [0, 0.1) is 0 Å². The molecule has 0 radical (unpaired) electrons. The lowest BCUT2D eigenvalue weighted by atomic mass is 10.2. The lowest BCUT2D eigenvalue weighted by molar-refractivity contribution is 0.0321. The van der Waals surface area contributed by atoms with Gasteiger partial charge in [0, 0.05) is 31.2 Å². The van der Waals surface area contributed by atoms with Gasteiger partial charge in [0.15, 0.2) is 0 Å². The van der Waals surface area contributed by atoms with Gasteiger partial charge in [-0.1, -0.05) is 18.2 Å². The summed E-state index contributed by atoms with van der Waals surface area (Å²) in [5.41, 5.74) is 0. The van der Waals surface area contributed by atoms with Gasteiger partial charge in [0.25, 0.3) is 0 Å². The van der Waals surface area contributed by atoms with Gasteiger partial charge in [-0.2, -0.15) is 0 Å². The van der Waals surface area contributed by atoms with Crippen LogP contribution in [0.2, 0.25) is 0 Å². The molecule has 0 atom stereocenters. The van der Waals surface area contributed by atoms with Crippen LogP contribution in [0.15, 0.2) is 36.5 Å². The van der Waals surface area contributed by atoms with Gasteiger partial charge in [0.1, 0.15) is 6.61 Å². The number of hydrogen-bond acceptors (Lipinski definition) is 4. The summed E-state index contributed by atoms with van der Waals surface area (Å²) in [4.78, 5) is 6.68. The maximum absolute atomic E-state index is 5.83. The van der Waals surface area contributed by atoms with Crippen molar-refractivity contribution >= 4 is 10.8 Å². The molecule has 4 heteroatoms. The third-order valence-electron chi connectivity index (χ3n) is 3.39. The predicted molar refractivity (Wildman–Crippen MR) is 74.5 cm³/mol. The van der Waals surface area contributed by atoms with Crippen LogP contribution in [-0.4, -0.2) is 49.3 Å². The molecule has 0 N–H and O–H groups in total. The number of fused-ring (bicyclic) bond motifs is 1. The molecule has 3 rings (SSSR count). The first-order chi connectivity index (χ1) is 9.43. The molecule has 19 heavy (non-hydrogen) atoms. The Morgan fingerprint density at radius 2 is 2.00 bits per heavy atom. The average molecular weight is 258 g/mol. The molecule has 0 spiro atoms. The smallest absolute Gasteiger partial charge is 0.221 e. The maximum Gasteiger partial charge on any atom is 0.221 e. The fourth-order valence-corrected chi connectivity index (χ4v) is 2.30. The number of hydrogen-bond donors (Lipinski definition) is 0. The Labute approximate surface area is 113 Å². The number of benzene rings is 1. The third kappa shape index (κ3) is 3.03. The molecule has 0 aliphatic carbocycles. The van der Waals surface area contributed by atoms with Crippen LogP contribution in [0.4, 0.5) is 0 Å². The van der Waals surface area contributed by atoms with Gasteiger partial charge in [0.05, 0.1) is 13.2 Å². The molecule has 2 heterocycles. The molecule has 1 aliphatic rings. The Hall–Kier alpha value is -1.65. The highest BCUT2D eigenvalue weighted by Crippen LogP contribution is 2.22. The van der Waals surface area contributed by atoms with E-state index in [-0.39, 0.29) is 0 Å². The van der Waals surface area contributed by atoms with Crippen LogP contribution in [0.1, 0.15) is 0 Å². The van der Waals surface area contributed by atoms with E-state index < -0.39 is 0 Å². The number of aromatic nitrogens is 1. The van der Waals surface area contributed by atoms with E-state index in [1.807, 2.05) is 24.3 Å². The second-order valence-electron chi connectivity index (χ2n) is 4.64. The number of ether oxygens (including phenoxy) is 2. The Bertz CT molecular complexity index is 533. The van der Waals surface area contributed by atoms with E-state index in [1.54, 1.807) is 6.20 Å². The molecule has 1 saturated heterocycles. The lowest BCUT2D eigenvalue weighted by Gasteiger charge is -2.26. The van der Waals surface area contributed by atoms with Crippen molar-refractivity contribution in [3.8, 4) is 5.88 Å². The van der Waals surface area contributed by atoms with Crippen LogP contribution >= 0.6 is 0 Å². The number of morpholine rings is 1. The van der Waals surface area contributed by atoms with Gasteiger partial charge < -0.3 is 9.47 Å². The molecule has 100 valence electrons. The van der Waals surface area contributed by atoms with Crippen molar-refractivity contribution in [1.82, 2.24) is 9.88 Å². The second-order valence-corrected chi connectivity index (χ2v) is 4.64. The topological polar surface area (TPSA) is 34.6 Å². The van der Waals surface area contributed by atoms with Crippen LogP contribution in [0.25, 0.3) is 10.8 Å². The second kappa shape index (κ2) is 5.99. The van der Waals surface area contributed by atoms with Crippen LogP contribution in [0.3, 0.4) is 0 Å². The van der Waals surface area contributed by atoms with E-state index in [1.165, 1.54) is 5.39 Å². The minimum Gasteiger partial charge on any atom is -0.476 e. The lowest BCUT2D eigenvalue weighted by Crippen LogP contribution is -2.38. The summed E-state index contributed by atoms with van der Waals surface area (Å²) in [5, 5.41) is 2.24. The zero-order chi connectivity index (χ0) is 12.9. The summed E-state index contributed by atoms with van der Waals surface area (Å²) in [7, 11) is 0. The summed E-state index contributed by atoms with van der Waals surface area (Å²) in [5.74, 6) is 0.728. The van der Waals surface area contributed by atoms with Crippen molar-refractivity contribution < 1.29 is 9.47 Å². The molecule has 1 aromatic heterocycles. The summed E-state index contributed by atoms with van der Waals surface area (Å²) in [6.45, 7) is 5.23. The zero-order valence-corrected chi connectivity index (χ0v) is 10.9. The first kappa shape index (κ1) is 12.4. The van der Waals surface area contributed by atoms with Gasteiger partial charge in [-0.3, -0.25) is 4.90 Å². The molecule has 4 nitrogen and oxygen atoms in total. The van der Waals surface area contributed by atoms with E-state index >= 15 is 0 Å². The SMILES string of the molecule is c1ccc2c(OCCN3CCOCC3)nccc2c1.